The maximum absolute atomic E-state index is 12.3. The Morgan fingerprint density at radius 3 is 2.81 bits per heavy atom. The third-order valence-corrected chi connectivity index (χ3v) is 6.80. The molecule has 2 aromatic rings. The van der Waals surface area contributed by atoms with E-state index in [-0.39, 0.29) is 9.77 Å². The minimum atomic E-state index is -3.92. The van der Waals surface area contributed by atoms with Gasteiger partial charge in [-0.1, -0.05) is 0 Å². The Labute approximate surface area is 129 Å². The highest BCUT2D eigenvalue weighted by molar-refractivity contribution is 7.93. The molecular formula is C12H12N2O4S3. The number of aromatic nitrogens is 1. The first-order chi connectivity index (χ1) is 9.97. The molecule has 0 aromatic carbocycles. The highest BCUT2D eigenvalue weighted by atomic mass is 32.2. The van der Waals surface area contributed by atoms with Crippen LogP contribution in [0.25, 0.3) is 0 Å². The molecule has 0 unspecified atom stereocenters. The summed E-state index contributed by atoms with van der Waals surface area (Å²) < 4.78 is 27.0. The van der Waals surface area contributed by atoms with E-state index >= 15 is 0 Å². The minimum Gasteiger partial charge on any atom is -0.477 e. The molecule has 21 heavy (non-hydrogen) atoms. The van der Waals surface area contributed by atoms with Gasteiger partial charge in [-0.25, -0.2) is 18.2 Å². The van der Waals surface area contributed by atoms with Crippen LogP contribution in [0.1, 0.15) is 33.1 Å². The molecule has 2 aromatic heterocycles. The molecule has 0 radical (unpaired) electrons. The molecule has 0 aliphatic heterocycles. The average Bonchev–Trinajstić information content (AvgIpc) is 3.04. The second-order valence-corrected chi connectivity index (χ2v) is 8.27. The number of rotatable bonds is 4. The minimum absolute atomic E-state index is 0.191. The van der Waals surface area contributed by atoms with Crippen LogP contribution in [0.15, 0.2) is 16.3 Å². The predicted molar refractivity (Wildman–Crippen MR) is 80.8 cm³/mol. The molecule has 2 heterocycles. The van der Waals surface area contributed by atoms with Gasteiger partial charge >= 0.3 is 5.97 Å². The molecule has 0 atom stereocenters. The van der Waals surface area contributed by atoms with Gasteiger partial charge in [0.15, 0.2) is 5.13 Å². The number of carbonyl (C=O) groups is 1. The van der Waals surface area contributed by atoms with Crippen molar-refractivity contribution in [3.8, 4) is 0 Å². The molecule has 0 spiro atoms. The Hall–Kier alpha value is -1.45. The maximum Gasteiger partial charge on any atom is 0.347 e. The Balaban J connectivity index is 1.91. The van der Waals surface area contributed by atoms with Crippen LogP contribution in [-0.4, -0.2) is 24.5 Å². The van der Waals surface area contributed by atoms with Crippen molar-refractivity contribution < 1.29 is 18.3 Å². The first kappa shape index (κ1) is 14.5. The van der Waals surface area contributed by atoms with Gasteiger partial charge in [-0.05, 0) is 37.1 Å². The smallest absolute Gasteiger partial charge is 0.347 e. The van der Waals surface area contributed by atoms with E-state index in [2.05, 4.69) is 9.71 Å². The summed E-state index contributed by atoms with van der Waals surface area (Å²) in [6.07, 6.45) is 3.95. The molecule has 1 aliphatic rings. The number of fused-ring (bicyclic) bond motifs is 1. The van der Waals surface area contributed by atoms with Crippen molar-refractivity contribution in [2.45, 2.75) is 30.6 Å². The first-order valence-electron chi connectivity index (χ1n) is 6.29. The van der Waals surface area contributed by atoms with Gasteiger partial charge in [-0.15, -0.1) is 22.7 Å². The van der Waals surface area contributed by atoms with Crippen LogP contribution in [-0.2, 0) is 22.9 Å². The van der Waals surface area contributed by atoms with Gasteiger partial charge in [-0.2, -0.15) is 0 Å². The quantitative estimate of drug-likeness (QED) is 0.888. The molecule has 3 rings (SSSR count). The first-order valence-corrected chi connectivity index (χ1v) is 9.47. The van der Waals surface area contributed by atoms with Gasteiger partial charge in [0.2, 0.25) is 0 Å². The Kier molecular flexibility index (Phi) is 3.72. The third kappa shape index (κ3) is 2.81. The molecule has 0 bridgehead atoms. The van der Waals surface area contributed by atoms with E-state index in [1.165, 1.54) is 22.8 Å². The lowest BCUT2D eigenvalue weighted by Crippen LogP contribution is -2.15. The number of hydrogen-bond donors (Lipinski definition) is 2. The lowest BCUT2D eigenvalue weighted by Gasteiger charge is -2.06. The van der Waals surface area contributed by atoms with Crippen molar-refractivity contribution in [3.63, 3.8) is 0 Å². The molecule has 1 aliphatic carbocycles. The van der Waals surface area contributed by atoms with Gasteiger partial charge in [0.1, 0.15) is 9.77 Å². The van der Waals surface area contributed by atoms with E-state index in [4.69, 9.17) is 5.11 Å². The molecule has 0 saturated heterocycles. The number of carboxylic acids is 1. The summed E-state index contributed by atoms with van der Waals surface area (Å²) in [5, 5.41) is 10.8. The predicted octanol–water partition coefficient (Wildman–Crippen LogP) is 2.58. The zero-order chi connectivity index (χ0) is 15.0. The maximum atomic E-state index is 12.3. The van der Waals surface area contributed by atoms with E-state index < -0.39 is 16.0 Å². The van der Waals surface area contributed by atoms with Crippen molar-refractivity contribution in [1.29, 1.82) is 0 Å². The summed E-state index contributed by atoms with van der Waals surface area (Å²) in [4.78, 5) is 16.1. The van der Waals surface area contributed by atoms with E-state index in [1.807, 2.05) is 0 Å². The highest BCUT2D eigenvalue weighted by Gasteiger charge is 2.25. The van der Waals surface area contributed by atoms with Gasteiger partial charge in [0.25, 0.3) is 10.0 Å². The number of nitrogens with zero attached hydrogens (tertiary/aromatic N) is 1. The van der Waals surface area contributed by atoms with Crippen molar-refractivity contribution in [2.24, 2.45) is 0 Å². The molecule has 0 amide bonds. The zero-order valence-corrected chi connectivity index (χ0v) is 13.3. The average molecular weight is 344 g/mol. The second-order valence-electron chi connectivity index (χ2n) is 4.62. The van der Waals surface area contributed by atoms with Gasteiger partial charge in [0.05, 0.1) is 5.69 Å². The summed E-state index contributed by atoms with van der Waals surface area (Å²) in [5.74, 6) is -1.25. The van der Waals surface area contributed by atoms with Crippen LogP contribution in [0.2, 0.25) is 0 Å². The number of hydrogen-bond acceptors (Lipinski definition) is 6. The van der Waals surface area contributed by atoms with Crippen molar-refractivity contribution in [2.75, 3.05) is 4.72 Å². The van der Waals surface area contributed by atoms with Gasteiger partial charge < -0.3 is 5.11 Å². The number of anilines is 1. The monoisotopic (exact) mass is 344 g/mol. The van der Waals surface area contributed by atoms with Crippen molar-refractivity contribution in [3.05, 3.63) is 26.9 Å². The number of thiophene rings is 1. The molecule has 9 heteroatoms. The van der Waals surface area contributed by atoms with Gasteiger partial charge in [0, 0.05) is 4.88 Å². The third-order valence-electron chi connectivity index (χ3n) is 3.18. The van der Waals surface area contributed by atoms with Gasteiger partial charge in [-0.3, -0.25) is 4.72 Å². The zero-order valence-electron chi connectivity index (χ0n) is 10.8. The summed E-state index contributed by atoms with van der Waals surface area (Å²) in [6, 6.07) is 1.30. The van der Waals surface area contributed by atoms with E-state index in [0.717, 1.165) is 47.6 Å². The Bertz CT molecular complexity index is 768. The topological polar surface area (TPSA) is 96.4 Å². The lowest BCUT2D eigenvalue weighted by molar-refractivity contribution is 0.0698. The summed E-state index contributed by atoms with van der Waals surface area (Å²) in [7, 11) is -3.92. The van der Waals surface area contributed by atoms with Crippen LogP contribution in [0.4, 0.5) is 5.13 Å². The summed E-state index contributed by atoms with van der Waals surface area (Å²) in [5.41, 5.74) is 0.952. The van der Waals surface area contributed by atoms with Crippen LogP contribution in [0.3, 0.4) is 0 Å². The summed E-state index contributed by atoms with van der Waals surface area (Å²) in [6.45, 7) is 0. The molecule has 0 fully saturated rings. The Morgan fingerprint density at radius 1 is 1.33 bits per heavy atom. The molecule has 112 valence electrons. The molecule has 0 saturated carbocycles. The normalized spacial score (nSPS) is 14.7. The van der Waals surface area contributed by atoms with E-state index in [9.17, 15) is 13.2 Å². The number of aromatic carboxylic acids is 1. The number of aryl methyl sites for hydroxylation is 2. The van der Waals surface area contributed by atoms with Crippen LogP contribution in [0.5, 0.6) is 0 Å². The number of thiazole rings is 1. The van der Waals surface area contributed by atoms with E-state index in [1.54, 1.807) is 0 Å². The fraction of sp³-hybridized carbons (Fsp3) is 0.333. The largest absolute Gasteiger partial charge is 0.477 e. The number of sulfonamides is 1. The fourth-order valence-electron chi connectivity index (χ4n) is 2.23. The lowest BCUT2D eigenvalue weighted by atomic mass is 10.0. The standard InChI is InChI=1S/C12H12N2O4S3/c15-11(16)10-9(5-6-19-10)21(17,18)14-12-13-7-3-1-2-4-8(7)20-12/h5-6H,1-4H2,(H,13,14)(H,15,16). The SMILES string of the molecule is O=C(O)c1sccc1S(=O)(=O)Nc1nc2c(s1)CCCC2. The van der Waals surface area contributed by atoms with E-state index in [0.29, 0.717) is 5.13 Å². The Morgan fingerprint density at radius 2 is 2.10 bits per heavy atom. The van der Waals surface area contributed by atoms with Crippen LogP contribution >= 0.6 is 22.7 Å². The number of nitrogens with one attached hydrogen (secondary N) is 1. The molecule has 6 nitrogen and oxygen atoms in total. The fourth-order valence-corrected chi connectivity index (χ4v) is 5.78. The van der Waals surface area contributed by atoms with Crippen LogP contribution in [0, 0.1) is 0 Å². The molecule has 2 N–H and O–H groups in total. The second kappa shape index (κ2) is 5.39. The van der Waals surface area contributed by atoms with Crippen molar-refractivity contribution in [1.82, 2.24) is 4.98 Å². The molecular weight excluding hydrogens is 332 g/mol. The number of carboxylic acid groups (broad SMARTS) is 1. The summed E-state index contributed by atoms with van der Waals surface area (Å²) >= 11 is 2.22. The van der Waals surface area contributed by atoms with Crippen molar-refractivity contribution >= 4 is 43.8 Å². The van der Waals surface area contributed by atoms with Crippen LogP contribution < -0.4 is 4.72 Å². The highest BCUT2D eigenvalue weighted by Crippen LogP contribution is 2.31.